The summed E-state index contributed by atoms with van der Waals surface area (Å²) in [6.45, 7) is 2.92. The van der Waals surface area contributed by atoms with Gasteiger partial charge in [0, 0.05) is 25.7 Å². The Balaban J connectivity index is 2.02. The number of aromatic nitrogens is 1. The van der Waals surface area contributed by atoms with E-state index in [0.717, 1.165) is 25.3 Å². The molecule has 18 heavy (non-hydrogen) atoms. The molecule has 1 unspecified atom stereocenters. The fraction of sp³-hybridized carbons (Fsp3) is 0.583. The van der Waals surface area contributed by atoms with Crippen molar-refractivity contribution in [2.24, 2.45) is 5.84 Å². The van der Waals surface area contributed by atoms with Gasteiger partial charge >= 0.3 is 0 Å². The third-order valence-electron chi connectivity index (χ3n) is 3.42. The number of anilines is 1. The molecule has 3 N–H and O–H groups in total. The lowest BCUT2D eigenvalue weighted by molar-refractivity contribution is 0.263. The van der Waals surface area contributed by atoms with Gasteiger partial charge in [-0.1, -0.05) is 11.6 Å². The van der Waals surface area contributed by atoms with Crippen LogP contribution in [0.5, 0.6) is 0 Å². The molecule has 0 aliphatic carbocycles. The number of nitrogens with zero attached hydrogens (tertiary/aromatic N) is 3. The van der Waals surface area contributed by atoms with Gasteiger partial charge < -0.3 is 10.3 Å². The summed E-state index contributed by atoms with van der Waals surface area (Å²) in [4.78, 5) is 9.05. The van der Waals surface area contributed by atoms with Gasteiger partial charge in [0.25, 0.3) is 0 Å². The molecule has 1 atom stereocenters. The highest BCUT2D eigenvalue weighted by atomic mass is 35.5. The molecule has 0 bridgehead atoms. The Hall–Kier alpha value is -0.880. The monoisotopic (exact) mass is 269 g/mol. The SMILES string of the molecule is CN(C)C1CCN(Cc2nc(NN)ccc2Cl)C1. The minimum atomic E-state index is 0.625. The van der Waals surface area contributed by atoms with Gasteiger partial charge in [0.15, 0.2) is 0 Å². The highest BCUT2D eigenvalue weighted by Crippen LogP contribution is 2.21. The van der Waals surface area contributed by atoms with Crippen LogP contribution >= 0.6 is 11.6 Å². The van der Waals surface area contributed by atoms with Crippen molar-refractivity contribution in [3.05, 3.63) is 22.8 Å². The van der Waals surface area contributed by atoms with Crippen molar-refractivity contribution < 1.29 is 0 Å². The van der Waals surface area contributed by atoms with E-state index in [1.54, 1.807) is 6.07 Å². The number of halogens is 1. The first-order chi connectivity index (χ1) is 8.60. The number of pyridine rings is 1. The van der Waals surface area contributed by atoms with Crippen LogP contribution < -0.4 is 11.3 Å². The summed E-state index contributed by atoms with van der Waals surface area (Å²) in [5, 5.41) is 0.697. The largest absolute Gasteiger partial charge is 0.308 e. The Morgan fingerprint density at radius 3 is 2.94 bits per heavy atom. The molecule has 0 spiro atoms. The maximum atomic E-state index is 6.16. The molecule has 1 aromatic rings. The van der Waals surface area contributed by atoms with Gasteiger partial charge in [0.1, 0.15) is 5.82 Å². The number of likely N-dealkylation sites (N-methyl/N-ethyl adjacent to an activating group) is 1. The molecule has 0 saturated carbocycles. The van der Waals surface area contributed by atoms with Crippen molar-refractivity contribution in [3.8, 4) is 0 Å². The summed E-state index contributed by atoms with van der Waals surface area (Å²) in [5.74, 6) is 6.01. The van der Waals surface area contributed by atoms with Crippen LogP contribution in [0.4, 0.5) is 5.82 Å². The number of hydrazine groups is 1. The number of hydrogen-bond acceptors (Lipinski definition) is 5. The summed E-state index contributed by atoms with van der Waals surface area (Å²) in [6.07, 6.45) is 1.19. The second kappa shape index (κ2) is 5.84. The van der Waals surface area contributed by atoms with Gasteiger partial charge in [-0.05, 0) is 32.6 Å². The molecule has 1 saturated heterocycles. The quantitative estimate of drug-likeness (QED) is 0.635. The Morgan fingerprint density at radius 1 is 1.56 bits per heavy atom. The second-order valence-electron chi connectivity index (χ2n) is 4.91. The van der Waals surface area contributed by atoms with Crippen LogP contribution in [0.1, 0.15) is 12.1 Å². The summed E-state index contributed by atoms with van der Waals surface area (Å²) in [5.41, 5.74) is 3.43. The van der Waals surface area contributed by atoms with Crippen LogP contribution in [-0.4, -0.2) is 48.0 Å². The number of rotatable bonds is 4. The average Bonchev–Trinajstić information content (AvgIpc) is 2.81. The lowest BCUT2D eigenvalue weighted by Crippen LogP contribution is -2.31. The molecule has 0 aromatic carbocycles. The van der Waals surface area contributed by atoms with Gasteiger partial charge in [0.2, 0.25) is 0 Å². The average molecular weight is 270 g/mol. The van der Waals surface area contributed by atoms with Crippen LogP contribution in [0.3, 0.4) is 0 Å². The van der Waals surface area contributed by atoms with Crippen LogP contribution in [0.25, 0.3) is 0 Å². The number of likely N-dealkylation sites (tertiary alicyclic amines) is 1. The lowest BCUT2D eigenvalue weighted by Gasteiger charge is -2.20. The molecule has 1 fully saturated rings. The van der Waals surface area contributed by atoms with Crippen LogP contribution in [0.2, 0.25) is 5.02 Å². The van der Waals surface area contributed by atoms with Crippen LogP contribution in [-0.2, 0) is 6.54 Å². The van der Waals surface area contributed by atoms with Crippen molar-refractivity contribution in [2.45, 2.75) is 19.0 Å². The summed E-state index contributed by atoms with van der Waals surface area (Å²) in [6, 6.07) is 4.23. The fourth-order valence-corrected chi connectivity index (χ4v) is 2.43. The molecule has 1 aromatic heterocycles. The zero-order valence-electron chi connectivity index (χ0n) is 10.9. The summed E-state index contributed by atoms with van der Waals surface area (Å²) in [7, 11) is 4.25. The van der Waals surface area contributed by atoms with E-state index in [1.807, 2.05) is 6.07 Å². The zero-order chi connectivity index (χ0) is 13.1. The van der Waals surface area contributed by atoms with Gasteiger partial charge in [-0.2, -0.15) is 0 Å². The number of nitrogens with two attached hydrogens (primary N) is 1. The van der Waals surface area contributed by atoms with Crippen molar-refractivity contribution in [1.29, 1.82) is 0 Å². The van der Waals surface area contributed by atoms with Gasteiger partial charge in [0.05, 0.1) is 10.7 Å². The molecule has 5 nitrogen and oxygen atoms in total. The number of hydrogen-bond donors (Lipinski definition) is 2. The summed E-state index contributed by atoms with van der Waals surface area (Å²) < 4.78 is 0. The molecule has 2 heterocycles. The molecule has 1 aliphatic rings. The molecule has 0 radical (unpaired) electrons. The molecule has 1 aliphatic heterocycles. The first-order valence-electron chi connectivity index (χ1n) is 6.11. The normalized spacial score (nSPS) is 20.6. The van der Waals surface area contributed by atoms with E-state index in [4.69, 9.17) is 17.4 Å². The van der Waals surface area contributed by atoms with Crippen molar-refractivity contribution >= 4 is 17.4 Å². The van der Waals surface area contributed by atoms with E-state index >= 15 is 0 Å². The van der Waals surface area contributed by atoms with Crippen molar-refractivity contribution in [3.63, 3.8) is 0 Å². The molecular formula is C12H20ClN5. The first kappa shape index (κ1) is 13.5. The molecule has 2 rings (SSSR count). The topological polar surface area (TPSA) is 57.4 Å². The highest BCUT2D eigenvalue weighted by molar-refractivity contribution is 6.31. The van der Waals surface area contributed by atoms with Crippen molar-refractivity contribution in [2.75, 3.05) is 32.6 Å². The van der Waals surface area contributed by atoms with E-state index < -0.39 is 0 Å². The highest BCUT2D eigenvalue weighted by Gasteiger charge is 2.24. The molecule has 100 valence electrons. The zero-order valence-corrected chi connectivity index (χ0v) is 11.6. The second-order valence-corrected chi connectivity index (χ2v) is 5.32. The smallest absolute Gasteiger partial charge is 0.140 e. The van der Waals surface area contributed by atoms with Gasteiger partial charge in [-0.15, -0.1) is 0 Å². The third kappa shape index (κ3) is 3.11. The lowest BCUT2D eigenvalue weighted by atomic mass is 10.2. The van der Waals surface area contributed by atoms with E-state index in [9.17, 15) is 0 Å². The van der Waals surface area contributed by atoms with Crippen molar-refractivity contribution in [1.82, 2.24) is 14.8 Å². The van der Waals surface area contributed by atoms with Gasteiger partial charge in [-0.3, -0.25) is 4.90 Å². The Kier molecular flexibility index (Phi) is 4.40. The standard InChI is InChI=1S/C12H20ClN5/c1-17(2)9-5-6-18(7-9)8-11-10(13)3-4-12(15-11)16-14/h3-4,9H,5-8,14H2,1-2H3,(H,15,16). The molecular weight excluding hydrogens is 250 g/mol. The Bertz CT molecular complexity index is 409. The maximum Gasteiger partial charge on any atom is 0.140 e. The van der Waals surface area contributed by atoms with E-state index in [0.29, 0.717) is 16.9 Å². The predicted octanol–water partition coefficient (Wildman–Crippen LogP) is 1.16. The van der Waals surface area contributed by atoms with E-state index in [1.165, 1.54) is 6.42 Å². The summed E-state index contributed by atoms with van der Waals surface area (Å²) >= 11 is 6.16. The molecule has 6 heteroatoms. The third-order valence-corrected chi connectivity index (χ3v) is 3.76. The minimum absolute atomic E-state index is 0.625. The van der Waals surface area contributed by atoms with Gasteiger partial charge in [-0.25, -0.2) is 10.8 Å². The maximum absolute atomic E-state index is 6.16. The fourth-order valence-electron chi connectivity index (χ4n) is 2.26. The Labute approximate surface area is 113 Å². The van der Waals surface area contributed by atoms with Crippen LogP contribution in [0.15, 0.2) is 12.1 Å². The number of nitrogen functional groups attached to an aromatic ring is 1. The van der Waals surface area contributed by atoms with E-state index in [2.05, 4.69) is 34.3 Å². The molecule has 0 amide bonds. The first-order valence-corrected chi connectivity index (χ1v) is 6.48. The van der Waals surface area contributed by atoms with Crippen LogP contribution in [0, 0.1) is 0 Å². The predicted molar refractivity (Wildman–Crippen MR) is 74.4 cm³/mol. The van der Waals surface area contributed by atoms with E-state index in [-0.39, 0.29) is 0 Å². The number of nitrogens with one attached hydrogen (secondary N) is 1. The minimum Gasteiger partial charge on any atom is -0.308 e. The Morgan fingerprint density at radius 2 is 2.33 bits per heavy atom.